The fourth-order valence-corrected chi connectivity index (χ4v) is 2.24. The van der Waals surface area contributed by atoms with Gasteiger partial charge in [-0.15, -0.1) is 0 Å². The summed E-state index contributed by atoms with van der Waals surface area (Å²) >= 11 is 0. The molecule has 1 aliphatic heterocycles. The van der Waals surface area contributed by atoms with Gasteiger partial charge in [-0.2, -0.15) is 0 Å². The van der Waals surface area contributed by atoms with Crippen molar-refractivity contribution in [3.8, 4) is 0 Å². The molecule has 1 aromatic rings. The standard InChI is InChI=1S/C12H17N5O3/c1-2-14-12(18)10-8-13-6-7-16(10)11-9(17(19)20)4-3-5-15-11/h3-5,10,13H,2,6-8H2,1H3,(H,14,18). The van der Waals surface area contributed by atoms with Crippen molar-refractivity contribution in [3.63, 3.8) is 0 Å². The number of aromatic nitrogens is 1. The SMILES string of the molecule is CCNC(=O)C1CNCCN1c1ncccc1[N+](=O)[O-]. The summed E-state index contributed by atoms with van der Waals surface area (Å²) in [5.74, 6) is 0.0925. The fourth-order valence-electron chi connectivity index (χ4n) is 2.24. The van der Waals surface area contributed by atoms with Gasteiger partial charge in [0.2, 0.25) is 11.7 Å². The van der Waals surface area contributed by atoms with Gasteiger partial charge in [0.05, 0.1) is 4.92 Å². The molecule has 0 spiro atoms. The van der Waals surface area contributed by atoms with Gasteiger partial charge in [-0.25, -0.2) is 4.98 Å². The van der Waals surface area contributed by atoms with Gasteiger partial charge in [0.1, 0.15) is 6.04 Å². The minimum atomic E-state index is -0.489. The molecule has 8 heteroatoms. The summed E-state index contributed by atoms with van der Waals surface area (Å²) in [4.78, 5) is 28.5. The summed E-state index contributed by atoms with van der Waals surface area (Å²) in [6.45, 7) is 3.96. The Labute approximate surface area is 116 Å². The zero-order valence-corrected chi connectivity index (χ0v) is 11.2. The van der Waals surface area contributed by atoms with Crippen LogP contribution in [0.1, 0.15) is 6.92 Å². The summed E-state index contributed by atoms with van der Waals surface area (Å²) in [5, 5.41) is 17.0. The number of hydrogen-bond acceptors (Lipinski definition) is 6. The van der Waals surface area contributed by atoms with E-state index in [0.29, 0.717) is 26.2 Å². The number of nitrogens with zero attached hydrogens (tertiary/aromatic N) is 3. The molecular formula is C12H17N5O3. The number of carbonyl (C=O) groups excluding carboxylic acids is 1. The van der Waals surface area contributed by atoms with E-state index >= 15 is 0 Å². The third-order valence-corrected chi connectivity index (χ3v) is 3.13. The van der Waals surface area contributed by atoms with Crippen molar-refractivity contribution < 1.29 is 9.72 Å². The van der Waals surface area contributed by atoms with Crippen LogP contribution in [0.15, 0.2) is 18.3 Å². The second-order valence-corrected chi connectivity index (χ2v) is 4.41. The van der Waals surface area contributed by atoms with Gasteiger partial charge in [-0.1, -0.05) is 0 Å². The second-order valence-electron chi connectivity index (χ2n) is 4.41. The van der Waals surface area contributed by atoms with E-state index in [1.807, 2.05) is 6.92 Å². The zero-order chi connectivity index (χ0) is 14.5. The van der Waals surface area contributed by atoms with Gasteiger partial charge in [0.15, 0.2) is 0 Å². The van der Waals surface area contributed by atoms with E-state index in [1.54, 1.807) is 4.90 Å². The van der Waals surface area contributed by atoms with Gasteiger partial charge < -0.3 is 15.5 Å². The number of hydrogen-bond donors (Lipinski definition) is 2. The zero-order valence-electron chi connectivity index (χ0n) is 11.2. The van der Waals surface area contributed by atoms with Gasteiger partial charge in [0, 0.05) is 38.4 Å². The lowest BCUT2D eigenvalue weighted by Gasteiger charge is -2.35. The Morgan fingerprint density at radius 2 is 2.50 bits per heavy atom. The highest BCUT2D eigenvalue weighted by Crippen LogP contribution is 2.27. The quantitative estimate of drug-likeness (QED) is 0.590. The molecule has 8 nitrogen and oxygen atoms in total. The van der Waals surface area contributed by atoms with E-state index in [1.165, 1.54) is 18.3 Å². The van der Waals surface area contributed by atoms with Gasteiger partial charge >= 0.3 is 5.69 Å². The van der Waals surface area contributed by atoms with E-state index in [2.05, 4.69) is 15.6 Å². The monoisotopic (exact) mass is 279 g/mol. The molecule has 1 unspecified atom stereocenters. The molecule has 1 saturated heterocycles. The second kappa shape index (κ2) is 6.29. The number of nitro groups is 1. The third-order valence-electron chi connectivity index (χ3n) is 3.13. The molecule has 1 atom stereocenters. The fraction of sp³-hybridized carbons (Fsp3) is 0.500. The predicted molar refractivity (Wildman–Crippen MR) is 73.6 cm³/mol. The molecule has 1 aromatic heterocycles. The van der Waals surface area contributed by atoms with Crippen LogP contribution < -0.4 is 15.5 Å². The van der Waals surface area contributed by atoms with Crippen molar-refractivity contribution in [1.29, 1.82) is 0 Å². The largest absolute Gasteiger partial charge is 0.355 e. The Morgan fingerprint density at radius 3 is 3.20 bits per heavy atom. The molecule has 2 heterocycles. The number of rotatable bonds is 4. The minimum Gasteiger partial charge on any atom is -0.355 e. The molecule has 1 amide bonds. The summed E-state index contributed by atoms with van der Waals surface area (Å²) in [7, 11) is 0. The van der Waals surface area contributed by atoms with E-state index in [0.717, 1.165) is 0 Å². The molecule has 1 aliphatic rings. The smallest absolute Gasteiger partial charge is 0.311 e. The first-order valence-electron chi connectivity index (χ1n) is 6.49. The highest BCUT2D eigenvalue weighted by atomic mass is 16.6. The number of pyridine rings is 1. The lowest BCUT2D eigenvalue weighted by atomic mass is 10.1. The highest BCUT2D eigenvalue weighted by Gasteiger charge is 2.33. The molecule has 1 fully saturated rings. The maximum absolute atomic E-state index is 12.1. The van der Waals surface area contributed by atoms with Gasteiger partial charge in [-0.3, -0.25) is 14.9 Å². The Hall–Kier alpha value is -2.22. The maximum atomic E-state index is 12.1. The number of anilines is 1. The van der Waals surface area contributed by atoms with Crippen LogP contribution in [0.3, 0.4) is 0 Å². The normalized spacial score (nSPS) is 18.6. The number of nitrogens with one attached hydrogen (secondary N) is 2. The molecule has 108 valence electrons. The topological polar surface area (TPSA) is 100 Å². The Balaban J connectivity index is 2.33. The van der Waals surface area contributed by atoms with Crippen LogP contribution in [0.25, 0.3) is 0 Å². The van der Waals surface area contributed by atoms with Crippen molar-refractivity contribution >= 4 is 17.4 Å². The Morgan fingerprint density at radius 1 is 1.70 bits per heavy atom. The van der Waals surface area contributed by atoms with Gasteiger partial charge in [0.25, 0.3) is 0 Å². The van der Waals surface area contributed by atoms with Crippen molar-refractivity contribution in [2.75, 3.05) is 31.1 Å². The first kappa shape index (κ1) is 14.2. The molecular weight excluding hydrogens is 262 g/mol. The molecule has 0 radical (unpaired) electrons. The van der Waals surface area contributed by atoms with Crippen LogP contribution >= 0.6 is 0 Å². The first-order chi connectivity index (χ1) is 9.65. The molecule has 20 heavy (non-hydrogen) atoms. The number of piperazine rings is 1. The highest BCUT2D eigenvalue weighted by molar-refractivity contribution is 5.86. The summed E-state index contributed by atoms with van der Waals surface area (Å²) in [5.41, 5.74) is -0.0799. The third kappa shape index (κ3) is 2.85. The molecule has 0 aromatic carbocycles. The predicted octanol–water partition coefficient (Wildman–Crippen LogP) is -0.0959. The van der Waals surface area contributed by atoms with E-state index in [9.17, 15) is 14.9 Å². The number of likely N-dealkylation sites (N-methyl/N-ethyl adjacent to an activating group) is 1. The van der Waals surface area contributed by atoms with Crippen LogP contribution in [0, 0.1) is 10.1 Å². The van der Waals surface area contributed by atoms with Crippen molar-refractivity contribution in [2.45, 2.75) is 13.0 Å². The summed E-state index contributed by atoms with van der Waals surface area (Å²) in [6, 6.07) is 2.43. The maximum Gasteiger partial charge on any atom is 0.311 e. The molecule has 2 rings (SSSR count). The van der Waals surface area contributed by atoms with Gasteiger partial charge in [-0.05, 0) is 13.0 Å². The molecule has 0 bridgehead atoms. The molecule has 0 aliphatic carbocycles. The average Bonchev–Trinajstić information content (AvgIpc) is 2.47. The first-order valence-corrected chi connectivity index (χ1v) is 6.49. The van der Waals surface area contributed by atoms with Crippen LogP contribution in [0.5, 0.6) is 0 Å². The van der Waals surface area contributed by atoms with Crippen molar-refractivity contribution in [2.24, 2.45) is 0 Å². The van der Waals surface area contributed by atoms with E-state index in [-0.39, 0.29) is 17.4 Å². The lowest BCUT2D eigenvalue weighted by Crippen LogP contribution is -2.58. The van der Waals surface area contributed by atoms with Crippen LogP contribution in [0.2, 0.25) is 0 Å². The summed E-state index contributed by atoms with van der Waals surface area (Å²) < 4.78 is 0. The van der Waals surface area contributed by atoms with E-state index < -0.39 is 11.0 Å². The Kier molecular flexibility index (Phi) is 4.46. The minimum absolute atomic E-state index is 0.0799. The number of amides is 1. The van der Waals surface area contributed by atoms with Crippen LogP contribution in [-0.4, -0.2) is 48.0 Å². The van der Waals surface area contributed by atoms with Crippen molar-refractivity contribution in [3.05, 3.63) is 28.4 Å². The van der Waals surface area contributed by atoms with Crippen LogP contribution in [0.4, 0.5) is 11.5 Å². The van der Waals surface area contributed by atoms with E-state index in [4.69, 9.17) is 0 Å². The van der Waals surface area contributed by atoms with Crippen molar-refractivity contribution in [1.82, 2.24) is 15.6 Å². The lowest BCUT2D eigenvalue weighted by molar-refractivity contribution is -0.384. The van der Waals surface area contributed by atoms with Crippen LogP contribution in [-0.2, 0) is 4.79 Å². The molecule has 0 saturated carbocycles. The average molecular weight is 279 g/mol. The molecule has 2 N–H and O–H groups in total. The summed E-state index contributed by atoms with van der Waals surface area (Å²) in [6.07, 6.45) is 1.50. The number of carbonyl (C=O) groups is 1. The Bertz CT molecular complexity index is 508.